The van der Waals surface area contributed by atoms with E-state index in [1.54, 1.807) is 31.3 Å². The van der Waals surface area contributed by atoms with Gasteiger partial charge in [-0.1, -0.05) is 11.3 Å². The van der Waals surface area contributed by atoms with Crippen molar-refractivity contribution in [1.29, 1.82) is 5.26 Å². The zero-order valence-corrected chi connectivity index (χ0v) is 22.4. The van der Waals surface area contributed by atoms with Crippen molar-refractivity contribution in [2.24, 2.45) is 13.0 Å². The average Bonchev–Trinajstić information content (AvgIpc) is 3.69. The number of nitriles is 1. The van der Waals surface area contributed by atoms with Gasteiger partial charge >= 0.3 is 0 Å². The highest BCUT2D eigenvalue weighted by Crippen LogP contribution is 2.38. The maximum atomic E-state index is 12.9. The summed E-state index contributed by atoms with van der Waals surface area (Å²) in [7, 11) is 19.7. The number of para-hydroxylation sites is 1. The monoisotopic (exact) mass is 547 g/mol. The van der Waals surface area contributed by atoms with E-state index in [0.717, 1.165) is 12.8 Å². The number of methoxy groups -OCH3 is 1. The smallest absolute Gasteiger partial charge is 0.272 e. The van der Waals surface area contributed by atoms with Crippen LogP contribution in [0, 0.1) is 17.2 Å². The molecule has 0 spiro atoms. The number of rotatable bonds is 11. The summed E-state index contributed by atoms with van der Waals surface area (Å²) in [6.07, 6.45) is 1.76. The average molecular weight is 547 g/mol. The summed E-state index contributed by atoms with van der Waals surface area (Å²) in [5.41, 5.74) is 1.58. The molecule has 1 aliphatic carbocycles. The minimum atomic E-state index is -2.02. The molecule has 1 fully saturated rings. The van der Waals surface area contributed by atoms with Crippen molar-refractivity contribution in [3.63, 3.8) is 0 Å². The predicted octanol–water partition coefficient (Wildman–Crippen LogP) is 0.468. The normalized spacial score (nSPS) is 12.6. The summed E-state index contributed by atoms with van der Waals surface area (Å²) in [6, 6.07) is 10.1. The Morgan fingerprint density at radius 3 is 2.56 bits per heavy atom. The number of hydrogen-bond donors (Lipinski definition) is 4. The van der Waals surface area contributed by atoms with Gasteiger partial charge < -0.3 is 26.0 Å². The molecule has 4 rings (SSSR count). The van der Waals surface area contributed by atoms with Gasteiger partial charge in [-0.15, -0.1) is 10.2 Å². The topological polar surface area (TPSA) is 176 Å². The molecule has 1 saturated carbocycles. The standard InChI is InChI=1S/C25H24B3N9O4/c1-37-18(23(39)30-10-4-9-29)11-16(36-37)14-5-3-6-15(21(14)41-2)31-17-12-19(32-22(38)13-7-8-13)34-35-20(17)24(40)33-25(26,27)28/h3,5-6,11-13H,4,7-8,10H2,1-2H3,(H,30,39)(H,33,40)(H2,31,32,34,38). The van der Waals surface area contributed by atoms with Crippen molar-refractivity contribution in [2.45, 2.75) is 24.5 Å². The number of carbonyl (C=O) groups is 3. The van der Waals surface area contributed by atoms with Crippen LogP contribution in [0.2, 0.25) is 0 Å². The first-order valence-electron chi connectivity index (χ1n) is 12.5. The highest BCUT2D eigenvalue weighted by Gasteiger charge is 2.30. The fourth-order valence-electron chi connectivity index (χ4n) is 3.88. The number of carbonyl (C=O) groups excluding carboxylic acids is 3. The first-order valence-corrected chi connectivity index (χ1v) is 12.5. The van der Waals surface area contributed by atoms with E-state index in [4.69, 9.17) is 33.5 Å². The lowest BCUT2D eigenvalue weighted by Crippen LogP contribution is -2.50. The molecule has 0 atom stereocenters. The first kappa shape index (κ1) is 29.2. The van der Waals surface area contributed by atoms with Gasteiger partial charge in [0, 0.05) is 31.1 Å². The number of nitrogens with one attached hydrogen (secondary N) is 4. The summed E-state index contributed by atoms with van der Waals surface area (Å²) < 4.78 is 7.11. The van der Waals surface area contributed by atoms with Crippen LogP contribution in [0.1, 0.15) is 40.2 Å². The number of benzene rings is 1. The van der Waals surface area contributed by atoms with Gasteiger partial charge in [-0.3, -0.25) is 19.1 Å². The second-order valence-electron chi connectivity index (χ2n) is 9.36. The van der Waals surface area contributed by atoms with E-state index in [0.29, 0.717) is 22.7 Å². The molecule has 0 saturated heterocycles. The molecule has 0 bridgehead atoms. The van der Waals surface area contributed by atoms with E-state index in [9.17, 15) is 14.4 Å². The molecule has 2 aromatic heterocycles. The van der Waals surface area contributed by atoms with Crippen molar-refractivity contribution in [3.8, 4) is 23.1 Å². The summed E-state index contributed by atoms with van der Waals surface area (Å²) in [4.78, 5) is 37.8. The van der Waals surface area contributed by atoms with E-state index in [-0.39, 0.29) is 53.6 Å². The van der Waals surface area contributed by atoms with Crippen molar-refractivity contribution >= 4 is 58.5 Å². The minimum absolute atomic E-state index is 0.0861. The molecular formula is C25H24B3N9O4. The van der Waals surface area contributed by atoms with Crippen LogP contribution >= 0.6 is 0 Å². The Bertz CT molecular complexity index is 1530. The molecule has 0 aliphatic heterocycles. The first-order chi connectivity index (χ1) is 19.5. The van der Waals surface area contributed by atoms with Crippen LogP contribution in [-0.2, 0) is 11.8 Å². The van der Waals surface area contributed by atoms with Crippen LogP contribution in [0.3, 0.4) is 0 Å². The number of ether oxygens (including phenoxy) is 1. The lowest BCUT2D eigenvalue weighted by atomic mass is 9.49. The lowest BCUT2D eigenvalue weighted by molar-refractivity contribution is -0.117. The molecule has 2 heterocycles. The number of nitrogens with zero attached hydrogens (tertiary/aromatic N) is 5. The van der Waals surface area contributed by atoms with Crippen LogP contribution in [0.5, 0.6) is 5.75 Å². The van der Waals surface area contributed by atoms with E-state index in [1.165, 1.54) is 17.9 Å². The van der Waals surface area contributed by atoms with Crippen molar-refractivity contribution < 1.29 is 19.1 Å². The second kappa shape index (κ2) is 12.2. The Balaban J connectivity index is 1.69. The molecule has 1 aromatic carbocycles. The summed E-state index contributed by atoms with van der Waals surface area (Å²) in [5, 5.41) is 29.7. The van der Waals surface area contributed by atoms with Crippen LogP contribution in [-0.4, -0.2) is 80.1 Å². The van der Waals surface area contributed by atoms with Crippen LogP contribution in [0.25, 0.3) is 11.3 Å². The molecule has 3 amide bonds. The van der Waals surface area contributed by atoms with Crippen molar-refractivity contribution in [2.75, 3.05) is 24.3 Å². The zero-order valence-electron chi connectivity index (χ0n) is 22.4. The largest absolute Gasteiger partial charge is 0.494 e. The molecular weight excluding hydrogens is 523 g/mol. The number of hydrogen-bond acceptors (Lipinski definition) is 9. The Morgan fingerprint density at radius 1 is 1.15 bits per heavy atom. The third kappa shape index (κ3) is 7.24. The number of aromatic nitrogens is 4. The van der Waals surface area contributed by atoms with Gasteiger partial charge in [-0.05, 0) is 31.0 Å². The van der Waals surface area contributed by atoms with Gasteiger partial charge in [0.25, 0.3) is 11.8 Å². The summed E-state index contributed by atoms with van der Waals surface area (Å²) in [5.74, 6) is -1.04. The van der Waals surface area contributed by atoms with Gasteiger partial charge in [0.2, 0.25) is 5.91 Å². The van der Waals surface area contributed by atoms with Gasteiger partial charge in [-0.2, -0.15) is 10.4 Å². The molecule has 13 nitrogen and oxygen atoms in total. The Morgan fingerprint density at radius 2 is 1.90 bits per heavy atom. The summed E-state index contributed by atoms with van der Waals surface area (Å²) in [6.45, 7) is 0.205. The molecule has 3 aromatic rings. The van der Waals surface area contributed by atoms with Gasteiger partial charge in [0.05, 0.1) is 60.2 Å². The number of aryl methyl sites for hydroxylation is 1. The maximum Gasteiger partial charge on any atom is 0.272 e. The van der Waals surface area contributed by atoms with E-state index >= 15 is 0 Å². The zero-order chi connectivity index (χ0) is 29.7. The van der Waals surface area contributed by atoms with Crippen LogP contribution in [0.4, 0.5) is 17.2 Å². The fourth-order valence-corrected chi connectivity index (χ4v) is 3.88. The SMILES string of the molecule is [B]C([B])([B])NC(=O)c1nnc(NC(=O)C2CC2)cc1Nc1cccc(-c2cc(C(=O)NCCC#N)n(C)n2)c1OC. The number of amides is 3. The van der Waals surface area contributed by atoms with Crippen LogP contribution < -0.4 is 26.0 Å². The molecule has 0 unspecified atom stereocenters. The Kier molecular flexibility index (Phi) is 8.66. The molecule has 202 valence electrons. The van der Waals surface area contributed by atoms with Gasteiger partial charge in [0.1, 0.15) is 5.69 Å². The lowest BCUT2D eigenvalue weighted by Gasteiger charge is -2.23. The van der Waals surface area contributed by atoms with Crippen LogP contribution in [0.15, 0.2) is 30.3 Å². The highest BCUT2D eigenvalue weighted by atomic mass is 16.5. The van der Waals surface area contributed by atoms with Crippen molar-refractivity contribution in [1.82, 2.24) is 30.6 Å². The third-order valence-corrected chi connectivity index (χ3v) is 5.94. The minimum Gasteiger partial charge on any atom is -0.494 e. The van der Waals surface area contributed by atoms with E-state index in [2.05, 4.69) is 36.6 Å². The molecule has 16 heteroatoms. The molecule has 4 N–H and O–H groups in total. The third-order valence-electron chi connectivity index (χ3n) is 5.94. The molecule has 6 radical (unpaired) electrons. The Labute approximate surface area is 240 Å². The van der Waals surface area contributed by atoms with E-state index in [1.807, 2.05) is 6.07 Å². The Hall–Kier alpha value is -4.80. The molecule has 41 heavy (non-hydrogen) atoms. The highest BCUT2D eigenvalue weighted by molar-refractivity contribution is 6.60. The second-order valence-corrected chi connectivity index (χ2v) is 9.36. The maximum absolute atomic E-state index is 12.9. The summed E-state index contributed by atoms with van der Waals surface area (Å²) >= 11 is 0. The fraction of sp³-hybridized carbons (Fsp3) is 0.320. The number of anilines is 3. The van der Waals surface area contributed by atoms with Gasteiger partial charge in [0.15, 0.2) is 17.3 Å². The predicted molar refractivity (Wildman–Crippen MR) is 152 cm³/mol. The van der Waals surface area contributed by atoms with E-state index < -0.39 is 11.1 Å². The van der Waals surface area contributed by atoms with Gasteiger partial charge in [-0.25, -0.2) is 0 Å². The van der Waals surface area contributed by atoms with Crippen molar-refractivity contribution in [3.05, 3.63) is 41.7 Å². The quantitative estimate of drug-likeness (QED) is 0.197. The molecule has 1 aliphatic rings.